The summed E-state index contributed by atoms with van der Waals surface area (Å²) in [6.45, 7) is 7.16. The number of hydrogen-bond acceptors (Lipinski definition) is 0. The number of allylic oxidation sites excluding steroid dienone is 2. The largest absolute Gasteiger partial charge is 0.0645 e. The summed E-state index contributed by atoms with van der Waals surface area (Å²) in [6, 6.07) is 9.05. The van der Waals surface area contributed by atoms with Gasteiger partial charge in [-0.2, -0.15) is 0 Å². The van der Waals surface area contributed by atoms with Gasteiger partial charge < -0.3 is 0 Å². The first-order valence-corrected chi connectivity index (χ1v) is 7.95. The van der Waals surface area contributed by atoms with Crippen molar-refractivity contribution >= 4 is 5.57 Å². The normalized spacial score (nSPS) is 27.7. The Balaban J connectivity index is 2.11. The molecule has 102 valence electrons. The maximum Gasteiger partial charge on any atom is -0.00188 e. The lowest BCUT2D eigenvalue weighted by molar-refractivity contribution is 0.200. The zero-order valence-corrected chi connectivity index (χ0v) is 12.6. The average molecular weight is 254 g/mol. The van der Waals surface area contributed by atoms with Crippen LogP contribution in [0.4, 0.5) is 0 Å². The summed E-state index contributed by atoms with van der Waals surface area (Å²) in [5.74, 6) is 0.917. The molecule has 1 unspecified atom stereocenters. The van der Waals surface area contributed by atoms with Gasteiger partial charge in [0.05, 0.1) is 0 Å². The molecule has 1 saturated carbocycles. The van der Waals surface area contributed by atoms with E-state index in [1.54, 1.807) is 16.7 Å². The van der Waals surface area contributed by atoms with Crippen molar-refractivity contribution in [2.24, 2.45) is 11.3 Å². The Bertz CT molecular complexity index is 503. The van der Waals surface area contributed by atoms with Gasteiger partial charge in [-0.3, -0.25) is 0 Å². The standard InChI is InChI=1S/C19H26/c1-4-19(17-10-6-7-11-17)13-16-9-5-8-12-18(16)14(2)15(19)3/h5,8-9,12,17H,4,6-7,10-11,13H2,1-3H3. The molecule has 1 fully saturated rings. The quantitative estimate of drug-likeness (QED) is 0.642. The summed E-state index contributed by atoms with van der Waals surface area (Å²) in [5, 5.41) is 0. The van der Waals surface area contributed by atoms with Gasteiger partial charge in [-0.25, -0.2) is 0 Å². The van der Waals surface area contributed by atoms with Crippen LogP contribution in [0.3, 0.4) is 0 Å². The molecule has 0 aromatic heterocycles. The van der Waals surface area contributed by atoms with Crippen molar-refractivity contribution in [2.75, 3.05) is 0 Å². The van der Waals surface area contributed by atoms with Crippen LogP contribution in [-0.4, -0.2) is 0 Å². The minimum Gasteiger partial charge on any atom is -0.0645 e. The van der Waals surface area contributed by atoms with Crippen LogP contribution < -0.4 is 0 Å². The van der Waals surface area contributed by atoms with Crippen molar-refractivity contribution in [1.82, 2.24) is 0 Å². The SMILES string of the molecule is CCC1(C2CCCC2)Cc2ccccc2C(C)=C1C. The Kier molecular flexibility index (Phi) is 3.28. The summed E-state index contributed by atoms with van der Waals surface area (Å²) in [4.78, 5) is 0. The predicted octanol–water partition coefficient (Wildman–Crippen LogP) is 5.62. The monoisotopic (exact) mass is 254 g/mol. The van der Waals surface area contributed by atoms with E-state index in [1.807, 2.05) is 0 Å². The second-order valence-corrected chi connectivity index (χ2v) is 6.57. The molecule has 0 bridgehead atoms. The van der Waals surface area contributed by atoms with Gasteiger partial charge in [0.25, 0.3) is 0 Å². The van der Waals surface area contributed by atoms with E-state index >= 15 is 0 Å². The Morgan fingerprint density at radius 2 is 1.79 bits per heavy atom. The molecule has 1 aromatic rings. The smallest absolute Gasteiger partial charge is 0.00188 e. The molecule has 0 saturated heterocycles. The topological polar surface area (TPSA) is 0 Å². The molecule has 0 amide bonds. The van der Waals surface area contributed by atoms with Crippen molar-refractivity contribution in [3.05, 3.63) is 41.0 Å². The van der Waals surface area contributed by atoms with E-state index < -0.39 is 0 Å². The lowest BCUT2D eigenvalue weighted by atomic mass is 9.60. The molecule has 0 heterocycles. The second kappa shape index (κ2) is 4.81. The van der Waals surface area contributed by atoms with Crippen LogP contribution in [0.2, 0.25) is 0 Å². The Hall–Kier alpha value is -1.04. The maximum absolute atomic E-state index is 2.41. The van der Waals surface area contributed by atoms with Gasteiger partial charge in [-0.15, -0.1) is 0 Å². The van der Waals surface area contributed by atoms with E-state index in [-0.39, 0.29) is 0 Å². The van der Waals surface area contributed by atoms with Crippen LogP contribution in [-0.2, 0) is 6.42 Å². The molecule has 2 aliphatic carbocycles. The Morgan fingerprint density at radius 1 is 1.11 bits per heavy atom. The summed E-state index contributed by atoms with van der Waals surface area (Å²) in [6.07, 6.45) is 8.35. The molecule has 0 aliphatic heterocycles. The van der Waals surface area contributed by atoms with Gasteiger partial charge in [-0.05, 0) is 67.6 Å². The highest BCUT2D eigenvalue weighted by Gasteiger charge is 2.43. The summed E-state index contributed by atoms with van der Waals surface area (Å²) < 4.78 is 0. The molecular formula is C19H26. The van der Waals surface area contributed by atoms with Gasteiger partial charge in [0.2, 0.25) is 0 Å². The molecule has 1 aromatic carbocycles. The Morgan fingerprint density at radius 3 is 2.47 bits per heavy atom. The van der Waals surface area contributed by atoms with Crippen LogP contribution in [0.1, 0.15) is 64.0 Å². The van der Waals surface area contributed by atoms with Gasteiger partial charge in [0.1, 0.15) is 0 Å². The molecule has 0 radical (unpaired) electrons. The van der Waals surface area contributed by atoms with E-state index in [0.29, 0.717) is 5.41 Å². The molecule has 1 atom stereocenters. The average Bonchev–Trinajstić information content (AvgIpc) is 2.97. The second-order valence-electron chi connectivity index (χ2n) is 6.57. The van der Waals surface area contributed by atoms with E-state index in [9.17, 15) is 0 Å². The Labute approximate surface area is 117 Å². The highest BCUT2D eigenvalue weighted by atomic mass is 14.5. The van der Waals surface area contributed by atoms with Crippen LogP contribution >= 0.6 is 0 Å². The first kappa shape index (κ1) is 13.0. The zero-order valence-electron chi connectivity index (χ0n) is 12.6. The van der Waals surface area contributed by atoms with E-state index in [1.165, 1.54) is 44.1 Å². The molecule has 0 heteroatoms. The molecule has 0 nitrogen and oxygen atoms in total. The molecule has 3 rings (SSSR count). The van der Waals surface area contributed by atoms with Crippen molar-refractivity contribution in [2.45, 2.75) is 59.3 Å². The van der Waals surface area contributed by atoms with Crippen molar-refractivity contribution < 1.29 is 0 Å². The van der Waals surface area contributed by atoms with Crippen molar-refractivity contribution in [1.29, 1.82) is 0 Å². The zero-order chi connectivity index (χ0) is 13.5. The first-order chi connectivity index (χ1) is 9.19. The predicted molar refractivity (Wildman–Crippen MR) is 83.1 cm³/mol. The molecule has 19 heavy (non-hydrogen) atoms. The maximum atomic E-state index is 2.41. The fraction of sp³-hybridized carbons (Fsp3) is 0.579. The summed E-state index contributed by atoms with van der Waals surface area (Å²) in [7, 11) is 0. The third kappa shape index (κ3) is 1.88. The van der Waals surface area contributed by atoms with E-state index in [0.717, 1.165) is 5.92 Å². The highest BCUT2D eigenvalue weighted by molar-refractivity contribution is 5.72. The summed E-state index contributed by atoms with van der Waals surface area (Å²) >= 11 is 0. The number of rotatable bonds is 2. The van der Waals surface area contributed by atoms with Crippen LogP contribution in [0.15, 0.2) is 29.8 Å². The first-order valence-electron chi connectivity index (χ1n) is 7.95. The third-order valence-corrected chi connectivity index (χ3v) is 6.00. The van der Waals surface area contributed by atoms with Gasteiger partial charge >= 0.3 is 0 Å². The minimum atomic E-state index is 0.453. The third-order valence-electron chi connectivity index (χ3n) is 6.00. The van der Waals surface area contributed by atoms with Crippen molar-refractivity contribution in [3.63, 3.8) is 0 Å². The van der Waals surface area contributed by atoms with Crippen molar-refractivity contribution in [3.8, 4) is 0 Å². The molecule has 2 aliphatic rings. The number of hydrogen-bond donors (Lipinski definition) is 0. The van der Waals surface area contributed by atoms with Crippen LogP contribution in [0, 0.1) is 11.3 Å². The van der Waals surface area contributed by atoms with E-state index in [4.69, 9.17) is 0 Å². The lowest BCUT2D eigenvalue weighted by Gasteiger charge is -2.44. The minimum absolute atomic E-state index is 0.453. The van der Waals surface area contributed by atoms with E-state index in [2.05, 4.69) is 45.0 Å². The lowest BCUT2D eigenvalue weighted by Crippen LogP contribution is -2.35. The number of fused-ring (bicyclic) bond motifs is 1. The van der Waals surface area contributed by atoms with Crippen LogP contribution in [0.5, 0.6) is 0 Å². The molecule has 0 N–H and O–H groups in total. The fourth-order valence-corrected chi connectivity index (χ4v) is 4.70. The molecule has 0 spiro atoms. The van der Waals surface area contributed by atoms with Gasteiger partial charge in [0.15, 0.2) is 0 Å². The summed E-state index contributed by atoms with van der Waals surface area (Å²) in [5.41, 5.74) is 6.77. The van der Waals surface area contributed by atoms with Crippen LogP contribution in [0.25, 0.3) is 5.57 Å². The highest BCUT2D eigenvalue weighted by Crippen LogP contribution is 2.53. The number of benzene rings is 1. The van der Waals surface area contributed by atoms with Gasteiger partial charge in [0, 0.05) is 0 Å². The van der Waals surface area contributed by atoms with Gasteiger partial charge in [-0.1, -0.05) is 49.6 Å². The fourth-order valence-electron chi connectivity index (χ4n) is 4.70. The molecular weight excluding hydrogens is 228 g/mol.